The highest BCUT2D eigenvalue weighted by molar-refractivity contribution is 5.69. The number of unbranched alkanes of at least 4 members (excludes halogenated alkanes) is 10. The Bertz CT molecular complexity index is 307. The lowest BCUT2D eigenvalue weighted by Crippen LogP contribution is -2.23. The first kappa shape index (κ1) is 24.4. The molecule has 3 nitrogen and oxygen atoms in total. The highest BCUT2D eigenvalue weighted by Crippen LogP contribution is 2.15. The SMILES string of the molecule is CCCCCCCCCCCCC(O)CCCCC(=O)OC(C)(C)C. The quantitative estimate of drug-likeness (QED) is 0.251. The minimum Gasteiger partial charge on any atom is -0.460 e. The van der Waals surface area contributed by atoms with E-state index in [-0.39, 0.29) is 12.1 Å². The second-order valence-electron chi connectivity index (χ2n) is 8.46. The van der Waals surface area contributed by atoms with Crippen LogP contribution >= 0.6 is 0 Å². The molecule has 25 heavy (non-hydrogen) atoms. The summed E-state index contributed by atoms with van der Waals surface area (Å²) in [6.45, 7) is 7.93. The standard InChI is InChI=1S/C22H44O3/c1-5-6-7-8-9-10-11-12-13-14-17-20(23)18-15-16-19-21(24)25-22(2,3)4/h20,23H,5-19H2,1-4H3. The lowest BCUT2D eigenvalue weighted by Gasteiger charge is -2.19. The third-order valence-electron chi connectivity index (χ3n) is 4.48. The Hall–Kier alpha value is -0.570. The van der Waals surface area contributed by atoms with E-state index in [1.165, 1.54) is 57.8 Å². The molecule has 0 aromatic heterocycles. The van der Waals surface area contributed by atoms with E-state index in [0.717, 1.165) is 32.1 Å². The number of esters is 1. The van der Waals surface area contributed by atoms with Gasteiger partial charge in [-0.15, -0.1) is 0 Å². The molecule has 0 aromatic carbocycles. The normalized spacial score (nSPS) is 13.0. The van der Waals surface area contributed by atoms with Crippen molar-refractivity contribution in [2.45, 2.75) is 136 Å². The molecule has 0 saturated heterocycles. The van der Waals surface area contributed by atoms with Gasteiger partial charge < -0.3 is 9.84 Å². The van der Waals surface area contributed by atoms with Crippen LogP contribution in [-0.4, -0.2) is 22.8 Å². The van der Waals surface area contributed by atoms with Crippen molar-refractivity contribution in [1.82, 2.24) is 0 Å². The number of ether oxygens (including phenoxy) is 1. The van der Waals surface area contributed by atoms with Gasteiger partial charge in [0.2, 0.25) is 0 Å². The molecule has 1 N–H and O–H groups in total. The van der Waals surface area contributed by atoms with Crippen molar-refractivity contribution in [3.63, 3.8) is 0 Å². The monoisotopic (exact) mass is 356 g/mol. The van der Waals surface area contributed by atoms with Gasteiger partial charge in [-0.05, 0) is 40.0 Å². The van der Waals surface area contributed by atoms with E-state index in [9.17, 15) is 9.90 Å². The van der Waals surface area contributed by atoms with Gasteiger partial charge in [0.1, 0.15) is 5.60 Å². The molecule has 1 atom stereocenters. The molecule has 0 amide bonds. The second-order valence-corrected chi connectivity index (χ2v) is 8.46. The fourth-order valence-corrected chi connectivity index (χ4v) is 3.05. The maximum absolute atomic E-state index is 11.6. The highest BCUT2D eigenvalue weighted by atomic mass is 16.6. The van der Waals surface area contributed by atoms with Crippen molar-refractivity contribution >= 4 is 5.97 Å². The molecule has 0 radical (unpaired) electrons. The van der Waals surface area contributed by atoms with Crippen LogP contribution in [0.15, 0.2) is 0 Å². The molecule has 0 saturated carbocycles. The zero-order valence-corrected chi connectivity index (χ0v) is 17.4. The molecule has 0 aliphatic rings. The van der Waals surface area contributed by atoms with Crippen LogP contribution in [0.1, 0.15) is 124 Å². The zero-order chi connectivity index (χ0) is 19.0. The Kier molecular flexibility index (Phi) is 15.3. The molecule has 0 heterocycles. The summed E-state index contributed by atoms with van der Waals surface area (Å²) >= 11 is 0. The molecule has 0 rings (SSSR count). The van der Waals surface area contributed by atoms with Crippen molar-refractivity contribution in [3.8, 4) is 0 Å². The molecule has 0 fully saturated rings. The van der Waals surface area contributed by atoms with E-state index in [1.807, 2.05) is 20.8 Å². The average Bonchev–Trinajstić information content (AvgIpc) is 2.51. The van der Waals surface area contributed by atoms with Gasteiger partial charge in [-0.3, -0.25) is 4.79 Å². The lowest BCUT2D eigenvalue weighted by molar-refractivity contribution is -0.154. The van der Waals surface area contributed by atoms with Crippen molar-refractivity contribution in [1.29, 1.82) is 0 Å². The summed E-state index contributed by atoms with van der Waals surface area (Å²) in [6.07, 6.45) is 17.0. The zero-order valence-electron chi connectivity index (χ0n) is 17.4. The number of hydrogen-bond donors (Lipinski definition) is 1. The van der Waals surface area contributed by atoms with Crippen LogP contribution < -0.4 is 0 Å². The molecule has 0 aromatic rings. The lowest BCUT2D eigenvalue weighted by atomic mass is 10.0. The maximum Gasteiger partial charge on any atom is 0.306 e. The topological polar surface area (TPSA) is 46.5 Å². The van der Waals surface area contributed by atoms with Crippen molar-refractivity contribution in [2.75, 3.05) is 0 Å². The Morgan fingerprint density at radius 1 is 0.800 bits per heavy atom. The van der Waals surface area contributed by atoms with E-state index < -0.39 is 5.60 Å². The van der Waals surface area contributed by atoms with Gasteiger partial charge in [0.15, 0.2) is 0 Å². The Morgan fingerprint density at radius 3 is 1.72 bits per heavy atom. The minimum absolute atomic E-state index is 0.128. The molecular weight excluding hydrogens is 312 g/mol. The van der Waals surface area contributed by atoms with Crippen LogP contribution in [0.2, 0.25) is 0 Å². The van der Waals surface area contributed by atoms with Crippen molar-refractivity contribution in [3.05, 3.63) is 0 Å². The van der Waals surface area contributed by atoms with Crippen molar-refractivity contribution in [2.24, 2.45) is 0 Å². The van der Waals surface area contributed by atoms with E-state index >= 15 is 0 Å². The molecule has 0 bridgehead atoms. The highest BCUT2D eigenvalue weighted by Gasteiger charge is 2.15. The Balaban J connectivity index is 3.33. The third kappa shape index (κ3) is 19.6. The predicted molar refractivity (Wildman–Crippen MR) is 107 cm³/mol. The molecular formula is C22H44O3. The Labute approximate surface area is 156 Å². The number of hydrogen-bond acceptors (Lipinski definition) is 3. The number of rotatable bonds is 16. The van der Waals surface area contributed by atoms with Crippen LogP contribution in [0, 0.1) is 0 Å². The predicted octanol–water partition coefficient (Wildman–Crippen LogP) is 6.56. The van der Waals surface area contributed by atoms with Gasteiger partial charge >= 0.3 is 5.97 Å². The molecule has 0 aliphatic heterocycles. The van der Waals surface area contributed by atoms with E-state index in [0.29, 0.717) is 6.42 Å². The summed E-state index contributed by atoms with van der Waals surface area (Å²) < 4.78 is 5.28. The van der Waals surface area contributed by atoms with Crippen LogP contribution in [-0.2, 0) is 9.53 Å². The van der Waals surface area contributed by atoms with Gasteiger partial charge in [0, 0.05) is 6.42 Å². The molecule has 3 heteroatoms. The third-order valence-corrected chi connectivity index (χ3v) is 4.48. The second kappa shape index (κ2) is 15.7. The van der Waals surface area contributed by atoms with Gasteiger partial charge in [0.25, 0.3) is 0 Å². The number of carbonyl (C=O) groups is 1. The largest absolute Gasteiger partial charge is 0.460 e. The summed E-state index contributed by atoms with van der Waals surface area (Å²) in [6, 6.07) is 0. The first-order valence-corrected chi connectivity index (χ1v) is 10.7. The average molecular weight is 357 g/mol. The number of aliphatic hydroxyl groups excluding tert-OH is 1. The van der Waals surface area contributed by atoms with Crippen LogP contribution in [0.4, 0.5) is 0 Å². The summed E-state index contributed by atoms with van der Waals surface area (Å²) in [5, 5.41) is 10.0. The molecule has 150 valence electrons. The van der Waals surface area contributed by atoms with E-state index in [1.54, 1.807) is 0 Å². The van der Waals surface area contributed by atoms with Crippen LogP contribution in [0.5, 0.6) is 0 Å². The molecule has 1 unspecified atom stereocenters. The fraction of sp³-hybridized carbons (Fsp3) is 0.955. The van der Waals surface area contributed by atoms with Crippen LogP contribution in [0.3, 0.4) is 0 Å². The van der Waals surface area contributed by atoms with E-state index in [4.69, 9.17) is 4.74 Å². The summed E-state index contributed by atoms with van der Waals surface area (Å²) in [7, 11) is 0. The number of carbonyl (C=O) groups excluding carboxylic acids is 1. The van der Waals surface area contributed by atoms with Crippen molar-refractivity contribution < 1.29 is 14.6 Å². The Morgan fingerprint density at radius 2 is 1.24 bits per heavy atom. The fourth-order valence-electron chi connectivity index (χ4n) is 3.05. The van der Waals surface area contributed by atoms with Gasteiger partial charge in [-0.1, -0.05) is 77.6 Å². The summed E-state index contributed by atoms with van der Waals surface area (Å²) in [5.41, 5.74) is -0.397. The van der Waals surface area contributed by atoms with Crippen LogP contribution in [0.25, 0.3) is 0 Å². The molecule has 0 spiro atoms. The summed E-state index contributed by atoms with van der Waals surface area (Å²) in [5.74, 6) is -0.128. The van der Waals surface area contributed by atoms with Gasteiger partial charge in [-0.25, -0.2) is 0 Å². The van der Waals surface area contributed by atoms with Gasteiger partial charge in [-0.2, -0.15) is 0 Å². The first-order valence-electron chi connectivity index (χ1n) is 10.7. The van der Waals surface area contributed by atoms with E-state index in [2.05, 4.69) is 6.92 Å². The smallest absolute Gasteiger partial charge is 0.306 e. The molecule has 0 aliphatic carbocycles. The summed E-state index contributed by atoms with van der Waals surface area (Å²) in [4.78, 5) is 11.6. The maximum atomic E-state index is 11.6. The minimum atomic E-state index is -0.397. The van der Waals surface area contributed by atoms with Gasteiger partial charge in [0.05, 0.1) is 6.10 Å². The number of aliphatic hydroxyl groups is 1. The first-order chi connectivity index (χ1) is 11.8.